The lowest BCUT2D eigenvalue weighted by atomic mass is 9.80. The van der Waals surface area contributed by atoms with Gasteiger partial charge in [-0.05, 0) is 58.6 Å². The van der Waals surface area contributed by atoms with Gasteiger partial charge in [-0.2, -0.15) is 0 Å². The lowest BCUT2D eigenvalue weighted by molar-refractivity contribution is 0.0910. The summed E-state index contributed by atoms with van der Waals surface area (Å²) in [4.78, 5) is 13.4. The van der Waals surface area contributed by atoms with E-state index in [4.69, 9.17) is 0 Å². The Balaban J connectivity index is 2.53. The fourth-order valence-corrected chi connectivity index (χ4v) is 6.01. The Labute approximate surface area is 135 Å². The van der Waals surface area contributed by atoms with Gasteiger partial charge in [-0.15, -0.1) is 0 Å². The molecular formula is C19H28O2P+. The molecule has 1 atom stereocenters. The van der Waals surface area contributed by atoms with E-state index in [0.717, 1.165) is 48.8 Å². The molecule has 1 unspecified atom stereocenters. The SMILES string of the molecule is Cc1cc(C)c(C(=O)C2([P+](=O)C(C)C)CCCCC2)c(C)c1. The quantitative estimate of drug-likeness (QED) is 0.524. The average Bonchev–Trinajstić information content (AvgIpc) is 2.45. The first-order chi connectivity index (χ1) is 10.3. The molecule has 1 fully saturated rings. The third-order valence-corrected chi connectivity index (χ3v) is 7.33. The van der Waals surface area contributed by atoms with Crippen LogP contribution in [-0.4, -0.2) is 16.6 Å². The molecule has 22 heavy (non-hydrogen) atoms. The highest BCUT2D eigenvalue weighted by Gasteiger charge is 2.57. The summed E-state index contributed by atoms with van der Waals surface area (Å²) < 4.78 is 13.1. The highest BCUT2D eigenvalue weighted by Crippen LogP contribution is 2.53. The van der Waals surface area contributed by atoms with Crippen LogP contribution < -0.4 is 0 Å². The highest BCUT2D eigenvalue weighted by molar-refractivity contribution is 7.48. The van der Waals surface area contributed by atoms with Gasteiger partial charge in [-0.1, -0.05) is 28.7 Å². The van der Waals surface area contributed by atoms with E-state index in [-0.39, 0.29) is 11.4 Å². The Kier molecular flexibility index (Phi) is 5.22. The second kappa shape index (κ2) is 6.62. The zero-order valence-corrected chi connectivity index (χ0v) is 15.4. The molecule has 0 N–H and O–H groups in total. The molecular weight excluding hydrogens is 291 g/mol. The third-order valence-electron chi connectivity index (χ3n) is 4.90. The van der Waals surface area contributed by atoms with Crippen LogP contribution in [-0.2, 0) is 4.57 Å². The van der Waals surface area contributed by atoms with Crippen LogP contribution in [0.1, 0.15) is 73.0 Å². The zero-order valence-electron chi connectivity index (χ0n) is 14.5. The Bertz CT molecular complexity index is 572. The summed E-state index contributed by atoms with van der Waals surface area (Å²) in [6, 6.07) is 4.14. The summed E-state index contributed by atoms with van der Waals surface area (Å²) in [5.41, 5.74) is 4.11. The largest absolute Gasteiger partial charge is 0.355 e. The van der Waals surface area contributed by atoms with Crippen molar-refractivity contribution in [3.8, 4) is 0 Å². The molecule has 1 aromatic rings. The number of ketones is 1. The number of aryl methyl sites for hydroxylation is 3. The topological polar surface area (TPSA) is 34.1 Å². The lowest BCUT2D eigenvalue weighted by Gasteiger charge is -2.29. The van der Waals surface area contributed by atoms with Gasteiger partial charge >= 0.3 is 7.80 Å². The van der Waals surface area contributed by atoms with Gasteiger partial charge in [0, 0.05) is 18.4 Å². The minimum atomic E-state index is -1.54. The zero-order chi connectivity index (χ0) is 16.5. The normalized spacial score (nSPS) is 18.4. The smallest absolute Gasteiger partial charge is 0.289 e. The van der Waals surface area contributed by atoms with Crippen LogP contribution in [0.5, 0.6) is 0 Å². The average molecular weight is 319 g/mol. The maximum Gasteiger partial charge on any atom is 0.355 e. The van der Waals surface area contributed by atoms with Gasteiger partial charge in [0.25, 0.3) is 0 Å². The fraction of sp³-hybridized carbons (Fsp3) is 0.632. The number of rotatable bonds is 4. The Morgan fingerprint density at radius 1 is 1.05 bits per heavy atom. The molecule has 2 nitrogen and oxygen atoms in total. The molecule has 0 saturated heterocycles. The standard InChI is InChI=1S/C19H28O2P/c1-13(2)22(21)19(9-7-6-8-10-19)18(20)17-15(4)11-14(3)12-16(17)5/h11-13H,6-10H2,1-5H3/q+1. The number of benzene rings is 1. The molecule has 0 spiro atoms. The molecule has 0 aliphatic heterocycles. The van der Waals surface area contributed by atoms with Gasteiger partial charge in [-0.25, -0.2) is 0 Å². The van der Waals surface area contributed by atoms with Crippen molar-refractivity contribution in [2.45, 2.75) is 77.5 Å². The number of Topliss-reactive ketones (excluding diaryl/α,β-unsaturated/α-hetero) is 1. The summed E-state index contributed by atoms with van der Waals surface area (Å²) >= 11 is 0. The minimum Gasteiger partial charge on any atom is -0.289 e. The molecule has 0 heterocycles. The number of carbonyl (C=O) groups excluding carboxylic acids is 1. The Hall–Kier alpha value is -1.01. The lowest BCUT2D eigenvalue weighted by Crippen LogP contribution is -2.39. The highest BCUT2D eigenvalue weighted by atomic mass is 31.1. The van der Waals surface area contributed by atoms with E-state index < -0.39 is 13.0 Å². The molecule has 1 saturated carbocycles. The van der Waals surface area contributed by atoms with Crippen molar-refractivity contribution in [2.24, 2.45) is 0 Å². The maximum absolute atomic E-state index is 13.4. The molecule has 2 rings (SSSR count). The number of hydrogen-bond acceptors (Lipinski definition) is 2. The second-order valence-electron chi connectivity index (χ2n) is 7.11. The molecule has 1 aliphatic carbocycles. The predicted octanol–water partition coefficient (Wildman–Crippen LogP) is 5.73. The molecule has 0 radical (unpaired) electrons. The first-order valence-electron chi connectivity index (χ1n) is 8.39. The van der Waals surface area contributed by atoms with Crippen molar-refractivity contribution >= 4 is 13.6 Å². The summed E-state index contributed by atoms with van der Waals surface area (Å²) in [6.45, 7) is 10.0. The van der Waals surface area contributed by atoms with Crippen LogP contribution in [0.4, 0.5) is 0 Å². The van der Waals surface area contributed by atoms with Crippen molar-refractivity contribution in [1.82, 2.24) is 0 Å². The Morgan fingerprint density at radius 3 is 2.00 bits per heavy atom. The van der Waals surface area contributed by atoms with Gasteiger partial charge in [0.2, 0.25) is 10.9 Å². The van der Waals surface area contributed by atoms with Gasteiger partial charge in [-0.3, -0.25) is 4.79 Å². The molecule has 0 bridgehead atoms. The van der Waals surface area contributed by atoms with E-state index in [1.54, 1.807) is 0 Å². The van der Waals surface area contributed by atoms with Gasteiger partial charge < -0.3 is 0 Å². The van der Waals surface area contributed by atoms with E-state index in [2.05, 4.69) is 19.1 Å². The maximum atomic E-state index is 13.4. The molecule has 1 aromatic carbocycles. The molecule has 0 aromatic heterocycles. The summed E-state index contributed by atoms with van der Waals surface area (Å²) in [6.07, 6.45) is 4.76. The monoisotopic (exact) mass is 319 g/mol. The van der Waals surface area contributed by atoms with Crippen molar-refractivity contribution < 1.29 is 9.36 Å². The van der Waals surface area contributed by atoms with Crippen molar-refractivity contribution in [3.05, 3.63) is 34.4 Å². The Morgan fingerprint density at radius 2 is 1.55 bits per heavy atom. The van der Waals surface area contributed by atoms with Gasteiger partial charge in [0.15, 0.2) is 5.66 Å². The van der Waals surface area contributed by atoms with Crippen LogP contribution in [0, 0.1) is 20.8 Å². The number of hydrogen-bond donors (Lipinski definition) is 0. The van der Waals surface area contributed by atoms with Gasteiger partial charge in [0.1, 0.15) is 0 Å². The van der Waals surface area contributed by atoms with E-state index in [0.29, 0.717) is 0 Å². The molecule has 1 aliphatic rings. The van der Waals surface area contributed by atoms with E-state index in [9.17, 15) is 9.36 Å². The third kappa shape index (κ3) is 3.04. The first-order valence-corrected chi connectivity index (χ1v) is 9.71. The van der Waals surface area contributed by atoms with Crippen molar-refractivity contribution in [1.29, 1.82) is 0 Å². The van der Waals surface area contributed by atoms with Crippen molar-refractivity contribution in [2.75, 3.05) is 0 Å². The van der Waals surface area contributed by atoms with Crippen LogP contribution in [0.2, 0.25) is 0 Å². The molecule has 0 amide bonds. The summed E-state index contributed by atoms with van der Waals surface area (Å²) in [7, 11) is -1.54. The predicted molar refractivity (Wildman–Crippen MR) is 93.5 cm³/mol. The van der Waals surface area contributed by atoms with E-state index in [1.807, 2.05) is 27.7 Å². The van der Waals surface area contributed by atoms with Crippen LogP contribution >= 0.6 is 7.80 Å². The second-order valence-corrected chi connectivity index (χ2v) is 9.66. The summed E-state index contributed by atoms with van der Waals surface area (Å²) in [5, 5.41) is -0.632. The van der Waals surface area contributed by atoms with Crippen LogP contribution in [0.3, 0.4) is 0 Å². The van der Waals surface area contributed by atoms with E-state index >= 15 is 0 Å². The fourth-order valence-electron chi connectivity index (χ4n) is 3.95. The number of carbonyl (C=O) groups is 1. The van der Waals surface area contributed by atoms with E-state index in [1.165, 1.54) is 5.56 Å². The molecule has 120 valence electrons. The van der Waals surface area contributed by atoms with Crippen LogP contribution in [0.15, 0.2) is 12.1 Å². The summed E-state index contributed by atoms with van der Waals surface area (Å²) in [5.74, 6) is 0.136. The first kappa shape index (κ1) is 17.3. The van der Waals surface area contributed by atoms with Crippen LogP contribution in [0.25, 0.3) is 0 Å². The van der Waals surface area contributed by atoms with Gasteiger partial charge in [0.05, 0.1) is 0 Å². The van der Waals surface area contributed by atoms with Crippen molar-refractivity contribution in [3.63, 3.8) is 0 Å². The minimum absolute atomic E-state index is 0.0584. The molecule has 3 heteroatoms.